The molecule has 2 aromatic heterocycles. The Kier molecular flexibility index (Phi) is 22.3. The average molecular weight is 715 g/mol. The Bertz CT molecular complexity index is 1280. The molecule has 0 radical (unpaired) electrons. The van der Waals surface area contributed by atoms with E-state index in [1.807, 2.05) is 34.1 Å². The topological polar surface area (TPSA) is 66.4 Å². The highest BCUT2D eigenvalue weighted by molar-refractivity contribution is 6.06. The number of fused-ring (bicyclic) bond motifs is 3. The Morgan fingerprint density at radius 1 is 0.385 bits per heavy atom. The normalized spacial score (nSPS) is 11.5. The van der Waals surface area contributed by atoms with Crippen LogP contribution in [-0.4, -0.2) is 57.8 Å². The second-order valence-corrected chi connectivity index (χ2v) is 15.3. The summed E-state index contributed by atoms with van der Waals surface area (Å²) in [6, 6.07) is 11.9. The first-order valence-corrected chi connectivity index (χ1v) is 21.8. The van der Waals surface area contributed by atoms with E-state index in [-0.39, 0.29) is 11.8 Å². The molecule has 2 heterocycles. The van der Waals surface area contributed by atoms with Gasteiger partial charge in [-0.15, -0.1) is 0 Å². The van der Waals surface area contributed by atoms with Crippen LogP contribution in [0.25, 0.3) is 21.8 Å². The fraction of sp³-hybridized carbons (Fsp3) is 0.696. The summed E-state index contributed by atoms with van der Waals surface area (Å²) in [5.41, 5.74) is 2.36. The van der Waals surface area contributed by atoms with Crippen LogP contribution in [0.4, 0.5) is 0 Å². The first kappa shape index (κ1) is 43.4. The quantitative estimate of drug-likeness (QED) is 0.0509. The fourth-order valence-electron chi connectivity index (χ4n) is 7.29. The number of carbonyl (C=O) groups excluding carboxylic acids is 2. The second kappa shape index (κ2) is 26.7. The van der Waals surface area contributed by atoms with Crippen LogP contribution >= 0.6 is 0 Å². The molecule has 3 aromatic rings. The van der Waals surface area contributed by atoms with E-state index in [1.165, 1.54) is 103 Å². The summed E-state index contributed by atoms with van der Waals surface area (Å²) in [5, 5.41) is 1.88. The molecule has 0 spiro atoms. The van der Waals surface area contributed by atoms with Crippen molar-refractivity contribution >= 4 is 33.6 Å². The third kappa shape index (κ3) is 15.5. The molecule has 290 valence electrons. The minimum Gasteiger partial charge on any atom is -0.337 e. The Labute approximate surface area is 317 Å². The van der Waals surface area contributed by atoms with Crippen LogP contribution in [0.3, 0.4) is 0 Å². The van der Waals surface area contributed by atoms with Gasteiger partial charge in [0.2, 0.25) is 0 Å². The molecule has 0 aliphatic heterocycles. The van der Waals surface area contributed by atoms with Gasteiger partial charge in [0.15, 0.2) is 0 Å². The minimum absolute atomic E-state index is 0.0114. The number of hydrogen-bond donors (Lipinski definition) is 0. The number of unbranched alkanes of at least 4 members (excludes halogenated alkanes) is 20. The van der Waals surface area contributed by atoms with Crippen LogP contribution in [0.5, 0.6) is 0 Å². The van der Waals surface area contributed by atoms with Gasteiger partial charge < -0.3 is 9.80 Å². The molecule has 0 unspecified atom stereocenters. The lowest BCUT2D eigenvalue weighted by Crippen LogP contribution is -2.33. The predicted molar refractivity (Wildman–Crippen MR) is 222 cm³/mol. The van der Waals surface area contributed by atoms with E-state index >= 15 is 0 Å². The lowest BCUT2D eigenvalue weighted by Gasteiger charge is -2.23. The first-order chi connectivity index (χ1) is 25.5. The van der Waals surface area contributed by atoms with E-state index in [0.717, 1.165) is 88.3 Å². The number of pyridine rings is 2. The number of nitrogens with zero attached hydrogens (tertiary/aromatic N) is 4. The maximum atomic E-state index is 14.1. The molecule has 0 bridgehead atoms. The van der Waals surface area contributed by atoms with Crippen LogP contribution in [0.15, 0.2) is 36.4 Å². The van der Waals surface area contributed by atoms with Crippen LogP contribution < -0.4 is 0 Å². The van der Waals surface area contributed by atoms with Gasteiger partial charge in [-0.3, -0.25) is 9.59 Å². The highest BCUT2D eigenvalue weighted by Gasteiger charge is 2.20. The molecule has 2 amide bonds. The third-order valence-corrected chi connectivity index (χ3v) is 10.7. The zero-order valence-corrected chi connectivity index (χ0v) is 33.9. The first-order valence-electron chi connectivity index (χ1n) is 21.8. The molecule has 52 heavy (non-hydrogen) atoms. The van der Waals surface area contributed by atoms with E-state index in [2.05, 4.69) is 39.8 Å². The number of benzene rings is 1. The molecule has 0 saturated carbocycles. The van der Waals surface area contributed by atoms with Gasteiger partial charge in [0, 0.05) is 37.0 Å². The number of rotatable bonds is 30. The van der Waals surface area contributed by atoms with Gasteiger partial charge in [0.1, 0.15) is 11.4 Å². The molecule has 0 N–H and O–H groups in total. The summed E-state index contributed by atoms with van der Waals surface area (Å²) in [6.45, 7) is 12.1. The summed E-state index contributed by atoms with van der Waals surface area (Å²) in [4.78, 5) is 42.2. The molecule has 0 fully saturated rings. The molecular weight excluding hydrogens is 641 g/mol. The number of carbonyl (C=O) groups is 2. The standard InChI is InChI=1S/C46H74N4O2/c1-5-9-13-17-21-25-35-49(36-26-22-18-14-10-6-2)45(51)41-33-31-39-29-30-40-32-34-42(48-44(40)43(39)47-41)46(52)50(37-27-23-19-15-11-7-3)38-28-24-20-16-12-8-4/h29-34H,5-28,35-38H2,1-4H3. The molecule has 0 aliphatic rings. The molecule has 0 aliphatic carbocycles. The summed E-state index contributed by atoms with van der Waals surface area (Å²) in [5.74, 6) is 0.0228. The molecule has 6 nitrogen and oxygen atoms in total. The van der Waals surface area contributed by atoms with Crippen molar-refractivity contribution in [2.75, 3.05) is 26.2 Å². The third-order valence-electron chi connectivity index (χ3n) is 10.7. The Balaban J connectivity index is 1.81. The van der Waals surface area contributed by atoms with Gasteiger partial charge in [-0.2, -0.15) is 0 Å². The summed E-state index contributed by atoms with van der Waals surface area (Å²) < 4.78 is 0. The van der Waals surface area contributed by atoms with Crippen molar-refractivity contribution in [2.24, 2.45) is 0 Å². The van der Waals surface area contributed by atoms with Gasteiger partial charge in [0.05, 0.1) is 11.0 Å². The van der Waals surface area contributed by atoms with Crippen LogP contribution in [0.1, 0.15) is 203 Å². The van der Waals surface area contributed by atoms with E-state index in [4.69, 9.17) is 9.97 Å². The van der Waals surface area contributed by atoms with Gasteiger partial charge in [-0.25, -0.2) is 9.97 Å². The molecule has 3 rings (SSSR count). The monoisotopic (exact) mass is 715 g/mol. The lowest BCUT2D eigenvalue weighted by atomic mass is 10.1. The van der Waals surface area contributed by atoms with Crippen molar-refractivity contribution in [3.8, 4) is 0 Å². The Morgan fingerprint density at radius 3 is 0.923 bits per heavy atom. The average Bonchev–Trinajstić information content (AvgIpc) is 3.17. The zero-order valence-electron chi connectivity index (χ0n) is 33.9. The van der Waals surface area contributed by atoms with Crippen LogP contribution in [0.2, 0.25) is 0 Å². The smallest absolute Gasteiger partial charge is 0.272 e. The van der Waals surface area contributed by atoms with Gasteiger partial charge >= 0.3 is 0 Å². The highest BCUT2D eigenvalue weighted by Crippen LogP contribution is 2.25. The van der Waals surface area contributed by atoms with E-state index in [1.54, 1.807) is 0 Å². The van der Waals surface area contributed by atoms with Crippen LogP contribution in [-0.2, 0) is 0 Å². The maximum absolute atomic E-state index is 14.1. The van der Waals surface area contributed by atoms with Gasteiger partial charge in [-0.05, 0) is 37.8 Å². The second-order valence-electron chi connectivity index (χ2n) is 15.3. The summed E-state index contributed by atoms with van der Waals surface area (Å²) >= 11 is 0. The largest absolute Gasteiger partial charge is 0.337 e. The Hall–Kier alpha value is -3.02. The molecular formula is C46H74N4O2. The van der Waals surface area contributed by atoms with Gasteiger partial charge in [0.25, 0.3) is 11.8 Å². The van der Waals surface area contributed by atoms with E-state index in [9.17, 15) is 9.59 Å². The molecule has 1 aromatic carbocycles. The number of aromatic nitrogens is 2. The van der Waals surface area contributed by atoms with Crippen molar-refractivity contribution in [3.05, 3.63) is 47.8 Å². The lowest BCUT2D eigenvalue weighted by molar-refractivity contribution is 0.0736. The summed E-state index contributed by atoms with van der Waals surface area (Å²) in [7, 11) is 0. The van der Waals surface area contributed by atoms with Gasteiger partial charge in [-0.1, -0.05) is 180 Å². The minimum atomic E-state index is 0.0114. The van der Waals surface area contributed by atoms with Crippen molar-refractivity contribution in [1.29, 1.82) is 0 Å². The molecule has 0 atom stereocenters. The van der Waals surface area contributed by atoms with Crippen LogP contribution in [0, 0.1) is 0 Å². The molecule has 0 saturated heterocycles. The molecule has 6 heteroatoms. The number of amides is 2. The fourth-order valence-corrected chi connectivity index (χ4v) is 7.29. The summed E-state index contributed by atoms with van der Waals surface area (Å²) in [6.07, 6.45) is 28.9. The Morgan fingerprint density at radius 2 is 0.635 bits per heavy atom. The highest BCUT2D eigenvalue weighted by atomic mass is 16.2. The van der Waals surface area contributed by atoms with Crippen molar-refractivity contribution < 1.29 is 9.59 Å². The SMILES string of the molecule is CCCCCCCCN(CCCCCCCC)C(=O)c1ccc2ccc3ccc(C(=O)N(CCCCCCCC)CCCCCCCC)nc3c2n1. The van der Waals surface area contributed by atoms with E-state index in [0.29, 0.717) is 22.4 Å². The van der Waals surface area contributed by atoms with Crippen molar-refractivity contribution in [1.82, 2.24) is 19.8 Å². The maximum Gasteiger partial charge on any atom is 0.272 e. The van der Waals surface area contributed by atoms with Crippen molar-refractivity contribution in [2.45, 2.75) is 182 Å². The zero-order chi connectivity index (χ0) is 37.2. The predicted octanol–water partition coefficient (Wildman–Crippen LogP) is 13.1. The van der Waals surface area contributed by atoms with E-state index < -0.39 is 0 Å². The van der Waals surface area contributed by atoms with Crippen molar-refractivity contribution in [3.63, 3.8) is 0 Å². The number of hydrogen-bond acceptors (Lipinski definition) is 4.